The second kappa shape index (κ2) is 11.1. The van der Waals surface area contributed by atoms with Crippen LogP contribution in [0.25, 0.3) is 10.2 Å². The van der Waals surface area contributed by atoms with E-state index < -0.39 is 15.9 Å². The number of benzene rings is 3. The van der Waals surface area contributed by atoms with Crippen LogP contribution < -0.4 is 13.8 Å². The van der Waals surface area contributed by atoms with Crippen LogP contribution in [-0.2, 0) is 21.3 Å². The minimum absolute atomic E-state index is 0.0890. The largest absolute Gasteiger partial charge is 0.497 e. The minimum atomic E-state index is -3.77. The fourth-order valence-electron chi connectivity index (χ4n) is 3.64. The van der Waals surface area contributed by atoms with Crippen LogP contribution in [0.4, 0.5) is 5.69 Å². The van der Waals surface area contributed by atoms with E-state index in [1.165, 1.54) is 47.0 Å². The average molecular weight is 526 g/mol. The van der Waals surface area contributed by atoms with Crippen LogP contribution in [0.15, 0.2) is 82.7 Å². The highest BCUT2D eigenvalue weighted by molar-refractivity contribution is 7.92. The normalized spacial score (nSPS) is 12.1. The summed E-state index contributed by atoms with van der Waals surface area (Å²) in [7, 11) is -0.671. The lowest BCUT2D eigenvalue weighted by atomic mass is 10.2. The van der Waals surface area contributed by atoms with Gasteiger partial charge in [0.1, 0.15) is 5.75 Å². The van der Waals surface area contributed by atoms with Gasteiger partial charge in [0.15, 0.2) is 4.80 Å². The number of rotatable bonds is 9. The molecule has 0 aliphatic carbocycles. The SMILES string of the molecule is CCOCCn1c(=NC(=O)c2ccc(S(=O)(=O)N(C)c3ccccc3)cc2)sc2cc(OC)ccc21. The summed E-state index contributed by atoms with van der Waals surface area (Å²) >= 11 is 1.38. The number of sulfonamides is 1. The van der Waals surface area contributed by atoms with E-state index in [9.17, 15) is 13.2 Å². The molecule has 4 aromatic rings. The molecule has 0 bridgehead atoms. The van der Waals surface area contributed by atoms with Gasteiger partial charge in [-0.2, -0.15) is 4.99 Å². The van der Waals surface area contributed by atoms with Crippen molar-refractivity contribution in [1.29, 1.82) is 0 Å². The first kappa shape index (κ1) is 25.6. The van der Waals surface area contributed by atoms with Gasteiger partial charge in [0.05, 0.1) is 34.5 Å². The number of thiazole rings is 1. The molecule has 0 saturated heterocycles. The summed E-state index contributed by atoms with van der Waals surface area (Å²) in [5.41, 5.74) is 1.77. The number of carbonyl (C=O) groups excluding carboxylic acids is 1. The molecule has 0 fully saturated rings. The van der Waals surface area contributed by atoms with Gasteiger partial charge < -0.3 is 14.0 Å². The highest BCUT2D eigenvalue weighted by Gasteiger charge is 2.21. The lowest BCUT2D eigenvalue weighted by Crippen LogP contribution is -2.26. The molecular weight excluding hydrogens is 498 g/mol. The second-order valence-electron chi connectivity index (χ2n) is 7.82. The lowest BCUT2D eigenvalue weighted by Gasteiger charge is -2.19. The summed E-state index contributed by atoms with van der Waals surface area (Å²) in [5, 5.41) is 0. The quantitative estimate of drug-likeness (QED) is 0.304. The fraction of sp³-hybridized carbons (Fsp3) is 0.231. The van der Waals surface area contributed by atoms with E-state index in [1.807, 2.05) is 35.8 Å². The first-order valence-corrected chi connectivity index (χ1v) is 13.6. The molecule has 0 atom stereocenters. The number of hydrogen-bond acceptors (Lipinski definition) is 6. The topological polar surface area (TPSA) is 90.2 Å². The van der Waals surface area contributed by atoms with Gasteiger partial charge in [-0.15, -0.1) is 0 Å². The Bertz CT molecular complexity index is 1530. The second-order valence-corrected chi connectivity index (χ2v) is 10.8. The summed E-state index contributed by atoms with van der Waals surface area (Å²) in [6, 6.07) is 20.3. The predicted octanol–water partition coefficient (Wildman–Crippen LogP) is 4.31. The third-order valence-corrected chi connectivity index (χ3v) is 8.47. The summed E-state index contributed by atoms with van der Waals surface area (Å²) < 4.78 is 41.0. The van der Waals surface area contributed by atoms with Gasteiger partial charge >= 0.3 is 0 Å². The number of amides is 1. The maximum absolute atomic E-state index is 13.0. The Balaban J connectivity index is 1.65. The van der Waals surface area contributed by atoms with Crippen molar-refractivity contribution in [3.63, 3.8) is 0 Å². The number of para-hydroxylation sites is 1. The molecule has 0 unspecified atom stereocenters. The van der Waals surface area contributed by atoms with Gasteiger partial charge in [-0.25, -0.2) is 8.42 Å². The van der Waals surface area contributed by atoms with Crippen LogP contribution in [0.3, 0.4) is 0 Å². The van der Waals surface area contributed by atoms with E-state index in [0.29, 0.717) is 35.8 Å². The molecule has 1 aromatic heterocycles. The van der Waals surface area contributed by atoms with Gasteiger partial charge in [-0.1, -0.05) is 29.5 Å². The number of anilines is 1. The van der Waals surface area contributed by atoms with Crippen molar-refractivity contribution in [2.24, 2.45) is 4.99 Å². The van der Waals surface area contributed by atoms with Crippen LogP contribution in [0.5, 0.6) is 5.75 Å². The van der Waals surface area contributed by atoms with Gasteiger partial charge in [-0.3, -0.25) is 9.10 Å². The van der Waals surface area contributed by atoms with E-state index in [0.717, 1.165) is 16.0 Å². The van der Waals surface area contributed by atoms with Crippen LogP contribution in [0, 0.1) is 0 Å². The van der Waals surface area contributed by atoms with E-state index in [4.69, 9.17) is 9.47 Å². The zero-order valence-electron chi connectivity index (χ0n) is 20.2. The molecular formula is C26H27N3O5S2. The Morgan fingerprint density at radius 2 is 1.78 bits per heavy atom. The molecule has 0 aliphatic heterocycles. The number of ether oxygens (including phenoxy) is 2. The van der Waals surface area contributed by atoms with Gasteiger partial charge in [0.25, 0.3) is 15.9 Å². The lowest BCUT2D eigenvalue weighted by molar-refractivity contribution is 0.0996. The van der Waals surface area contributed by atoms with Crippen LogP contribution in [0.1, 0.15) is 17.3 Å². The van der Waals surface area contributed by atoms with Gasteiger partial charge in [0.2, 0.25) is 0 Å². The third kappa shape index (κ3) is 5.35. The first-order valence-electron chi connectivity index (χ1n) is 11.3. The molecule has 1 heterocycles. The molecule has 0 radical (unpaired) electrons. The number of aromatic nitrogens is 1. The van der Waals surface area contributed by atoms with Crippen molar-refractivity contribution < 1.29 is 22.7 Å². The monoisotopic (exact) mass is 525 g/mol. The van der Waals surface area contributed by atoms with Crippen molar-refractivity contribution in [3.05, 3.63) is 83.2 Å². The first-order chi connectivity index (χ1) is 17.3. The Kier molecular flexibility index (Phi) is 7.88. The van der Waals surface area contributed by atoms with E-state index in [1.54, 1.807) is 31.4 Å². The van der Waals surface area contributed by atoms with Crippen molar-refractivity contribution in [3.8, 4) is 5.75 Å². The minimum Gasteiger partial charge on any atom is -0.497 e. The summed E-state index contributed by atoms with van der Waals surface area (Å²) in [4.78, 5) is 18.0. The molecule has 188 valence electrons. The van der Waals surface area contributed by atoms with Crippen molar-refractivity contribution >= 4 is 43.2 Å². The molecule has 8 nitrogen and oxygen atoms in total. The van der Waals surface area contributed by atoms with Gasteiger partial charge in [-0.05, 0) is 61.5 Å². The summed E-state index contributed by atoms with van der Waals surface area (Å²) in [6.07, 6.45) is 0. The van der Waals surface area contributed by atoms with E-state index >= 15 is 0 Å². The molecule has 4 rings (SSSR count). The Morgan fingerprint density at radius 1 is 1.06 bits per heavy atom. The highest BCUT2D eigenvalue weighted by Crippen LogP contribution is 2.24. The van der Waals surface area contributed by atoms with E-state index in [-0.39, 0.29) is 4.90 Å². The molecule has 0 N–H and O–H groups in total. The van der Waals surface area contributed by atoms with Crippen LogP contribution >= 0.6 is 11.3 Å². The molecule has 10 heteroatoms. The Labute approximate surface area is 214 Å². The molecule has 0 spiro atoms. The summed E-state index contributed by atoms with van der Waals surface area (Å²) in [5.74, 6) is 0.259. The maximum Gasteiger partial charge on any atom is 0.279 e. The number of methoxy groups -OCH3 is 1. The van der Waals surface area contributed by atoms with Crippen molar-refractivity contribution in [2.75, 3.05) is 31.7 Å². The molecule has 0 saturated carbocycles. The molecule has 1 amide bonds. The Hall–Kier alpha value is -3.47. The summed E-state index contributed by atoms with van der Waals surface area (Å²) in [6.45, 7) is 3.54. The zero-order chi connectivity index (χ0) is 25.7. The third-order valence-electron chi connectivity index (χ3n) is 5.63. The Morgan fingerprint density at radius 3 is 2.44 bits per heavy atom. The highest BCUT2D eigenvalue weighted by atomic mass is 32.2. The fourth-order valence-corrected chi connectivity index (χ4v) is 5.92. The van der Waals surface area contributed by atoms with Gasteiger partial charge in [0, 0.05) is 25.8 Å². The standard InChI is InChI=1S/C26H27N3O5S2/c1-4-34-17-16-29-23-15-12-21(33-3)18-24(23)35-26(29)27-25(30)19-10-13-22(14-11-19)36(31,32)28(2)20-8-6-5-7-9-20/h5-15,18H,4,16-17H2,1-3H3. The average Bonchev–Trinajstić information content (AvgIpc) is 3.24. The predicted molar refractivity (Wildman–Crippen MR) is 141 cm³/mol. The molecule has 3 aromatic carbocycles. The number of nitrogens with zero attached hydrogens (tertiary/aromatic N) is 3. The number of carbonyl (C=O) groups is 1. The number of fused-ring (bicyclic) bond motifs is 1. The molecule has 0 aliphatic rings. The van der Waals surface area contributed by atoms with Crippen LogP contribution in [-0.4, -0.2) is 46.3 Å². The van der Waals surface area contributed by atoms with Crippen molar-refractivity contribution in [1.82, 2.24) is 4.57 Å². The zero-order valence-corrected chi connectivity index (χ0v) is 21.9. The maximum atomic E-state index is 13.0. The van der Waals surface area contributed by atoms with Crippen LogP contribution in [0.2, 0.25) is 0 Å². The number of hydrogen-bond donors (Lipinski definition) is 0. The molecule has 36 heavy (non-hydrogen) atoms. The van der Waals surface area contributed by atoms with Crippen molar-refractivity contribution in [2.45, 2.75) is 18.4 Å². The smallest absolute Gasteiger partial charge is 0.279 e. The van der Waals surface area contributed by atoms with E-state index in [2.05, 4.69) is 4.99 Å².